The van der Waals surface area contributed by atoms with Crippen LogP contribution in [0.25, 0.3) is 0 Å². The average Bonchev–Trinajstić information content (AvgIpc) is 2.47. The van der Waals surface area contributed by atoms with Crippen molar-refractivity contribution in [1.82, 2.24) is 0 Å². The maximum Gasteiger partial charge on any atom is 0.187 e. The van der Waals surface area contributed by atoms with Crippen molar-refractivity contribution in [3.63, 3.8) is 0 Å². The van der Waals surface area contributed by atoms with E-state index in [-0.39, 0.29) is 6.61 Å². The third kappa shape index (κ3) is 3.35. The van der Waals surface area contributed by atoms with E-state index in [1.54, 1.807) is 0 Å². The highest BCUT2D eigenvalue weighted by Crippen LogP contribution is 2.26. The van der Waals surface area contributed by atoms with Gasteiger partial charge in [-0.2, -0.15) is 0 Å². The Balaban J connectivity index is 2.06. The van der Waals surface area contributed by atoms with E-state index >= 15 is 0 Å². The van der Waals surface area contributed by atoms with Crippen LogP contribution in [0.15, 0.2) is 0 Å². The van der Waals surface area contributed by atoms with Crippen LogP contribution in [0.5, 0.6) is 0 Å². The lowest BCUT2D eigenvalue weighted by molar-refractivity contribution is -0.352. The highest BCUT2D eigenvalue weighted by atomic mass is 16.7. The molecule has 2 heterocycles. The summed E-state index contributed by atoms with van der Waals surface area (Å²) in [5.74, 6) is 0. The van der Waals surface area contributed by atoms with Gasteiger partial charge in [0.05, 0.1) is 13.2 Å². The summed E-state index contributed by atoms with van der Waals surface area (Å²) in [6, 6.07) is 0. The van der Waals surface area contributed by atoms with Crippen molar-refractivity contribution in [2.45, 2.75) is 55.3 Å². The molecule has 7 N–H and O–H groups in total. The standard InChI is InChI=1S/C11H20O10/c12-1-4-6(15)7(16)8(17)11(20-4)21-9-5(14)3(13)2-19-10(9)18/h3-18H,1-2H2. The lowest BCUT2D eigenvalue weighted by atomic mass is 9.99. The van der Waals surface area contributed by atoms with Crippen LogP contribution < -0.4 is 0 Å². The van der Waals surface area contributed by atoms with Crippen molar-refractivity contribution < 1.29 is 50.0 Å². The van der Waals surface area contributed by atoms with Gasteiger partial charge < -0.3 is 50.0 Å². The molecule has 2 aliphatic rings. The zero-order valence-electron chi connectivity index (χ0n) is 11.0. The predicted molar refractivity (Wildman–Crippen MR) is 62.6 cm³/mol. The Morgan fingerprint density at radius 3 is 2.19 bits per heavy atom. The average molecular weight is 312 g/mol. The minimum atomic E-state index is -1.68. The van der Waals surface area contributed by atoms with Crippen molar-refractivity contribution in [2.75, 3.05) is 13.2 Å². The van der Waals surface area contributed by atoms with E-state index < -0.39 is 61.9 Å². The summed E-state index contributed by atoms with van der Waals surface area (Å²) in [5.41, 5.74) is 0. The monoisotopic (exact) mass is 312 g/mol. The van der Waals surface area contributed by atoms with Gasteiger partial charge in [-0.15, -0.1) is 0 Å². The molecule has 9 atom stereocenters. The third-order valence-corrected chi connectivity index (χ3v) is 3.59. The third-order valence-electron chi connectivity index (χ3n) is 3.59. The van der Waals surface area contributed by atoms with Crippen LogP contribution in [0.4, 0.5) is 0 Å². The summed E-state index contributed by atoms with van der Waals surface area (Å²) in [6.45, 7) is -0.934. The van der Waals surface area contributed by atoms with Crippen LogP contribution in [0.3, 0.4) is 0 Å². The van der Waals surface area contributed by atoms with Crippen molar-refractivity contribution in [3.05, 3.63) is 0 Å². The van der Waals surface area contributed by atoms with Crippen molar-refractivity contribution >= 4 is 0 Å². The molecule has 2 rings (SSSR count). The van der Waals surface area contributed by atoms with E-state index in [0.29, 0.717) is 0 Å². The predicted octanol–water partition coefficient (Wildman–Crippen LogP) is -4.76. The van der Waals surface area contributed by atoms with Crippen LogP contribution in [-0.4, -0.2) is 104 Å². The normalized spacial score (nSPS) is 51.9. The molecule has 0 aromatic rings. The van der Waals surface area contributed by atoms with Crippen LogP contribution in [0.1, 0.15) is 0 Å². The number of ether oxygens (including phenoxy) is 3. The second-order valence-electron chi connectivity index (χ2n) is 5.08. The molecule has 0 radical (unpaired) electrons. The van der Waals surface area contributed by atoms with E-state index in [4.69, 9.17) is 19.3 Å². The lowest BCUT2D eigenvalue weighted by Crippen LogP contribution is -2.62. The second-order valence-corrected chi connectivity index (χ2v) is 5.08. The zero-order valence-corrected chi connectivity index (χ0v) is 11.0. The van der Waals surface area contributed by atoms with E-state index in [9.17, 15) is 30.6 Å². The molecule has 0 amide bonds. The minimum Gasteiger partial charge on any atom is -0.394 e. The molecule has 21 heavy (non-hydrogen) atoms. The molecule has 124 valence electrons. The molecule has 0 aromatic heterocycles. The number of aliphatic hydroxyl groups excluding tert-OH is 7. The maximum atomic E-state index is 9.78. The van der Waals surface area contributed by atoms with E-state index in [1.807, 2.05) is 0 Å². The molecule has 0 bridgehead atoms. The fourth-order valence-corrected chi connectivity index (χ4v) is 2.26. The number of hydrogen-bond donors (Lipinski definition) is 7. The van der Waals surface area contributed by atoms with Crippen LogP contribution in [0, 0.1) is 0 Å². The Hall–Kier alpha value is -0.400. The van der Waals surface area contributed by atoms with Gasteiger partial charge in [-0.3, -0.25) is 0 Å². The second kappa shape index (κ2) is 6.79. The minimum absolute atomic E-state index is 0.295. The summed E-state index contributed by atoms with van der Waals surface area (Å²) in [4.78, 5) is 0. The smallest absolute Gasteiger partial charge is 0.187 e. The van der Waals surface area contributed by atoms with Crippen LogP contribution in [0.2, 0.25) is 0 Å². The van der Waals surface area contributed by atoms with Gasteiger partial charge in [0.1, 0.15) is 42.7 Å². The summed E-state index contributed by atoms with van der Waals surface area (Å²) in [6.07, 6.45) is -13.4. The van der Waals surface area contributed by atoms with E-state index in [1.165, 1.54) is 0 Å². The summed E-state index contributed by atoms with van der Waals surface area (Å²) < 4.78 is 15.0. The van der Waals surface area contributed by atoms with Gasteiger partial charge in [-0.05, 0) is 0 Å². The van der Waals surface area contributed by atoms with Crippen LogP contribution in [-0.2, 0) is 14.2 Å². The van der Waals surface area contributed by atoms with Gasteiger partial charge in [-0.1, -0.05) is 0 Å². The fraction of sp³-hybridized carbons (Fsp3) is 1.00. The first kappa shape index (κ1) is 17.0. The molecule has 0 spiro atoms. The molecule has 0 aromatic carbocycles. The van der Waals surface area contributed by atoms with Gasteiger partial charge in [0.15, 0.2) is 12.6 Å². The summed E-state index contributed by atoms with van der Waals surface area (Å²) >= 11 is 0. The van der Waals surface area contributed by atoms with Gasteiger partial charge in [0, 0.05) is 0 Å². The first-order valence-corrected chi connectivity index (χ1v) is 6.48. The van der Waals surface area contributed by atoms with Crippen molar-refractivity contribution in [2.24, 2.45) is 0 Å². The molecule has 0 aliphatic carbocycles. The molecule has 10 heteroatoms. The van der Waals surface area contributed by atoms with Gasteiger partial charge in [0.2, 0.25) is 0 Å². The van der Waals surface area contributed by atoms with Gasteiger partial charge >= 0.3 is 0 Å². The van der Waals surface area contributed by atoms with Gasteiger partial charge in [-0.25, -0.2) is 0 Å². The van der Waals surface area contributed by atoms with E-state index in [0.717, 1.165) is 0 Å². The molecule has 9 unspecified atom stereocenters. The molecule has 2 aliphatic heterocycles. The Kier molecular flexibility index (Phi) is 5.48. The zero-order chi connectivity index (χ0) is 15.7. The number of hydrogen-bond acceptors (Lipinski definition) is 10. The molecule has 2 fully saturated rings. The number of aliphatic hydroxyl groups is 7. The van der Waals surface area contributed by atoms with Gasteiger partial charge in [0.25, 0.3) is 0 Å². The van der Waals surface area contributed by atoms with Crippen molar-refractivity contribution in [1.29, 1.82) is 0 Å². The highest BCUT2D eigenvalue weighted by molar-refractivity contribution is 4.91. The SMILES string of the molecule is OCC1OC(OC2C(O)OCC(O)C2O)C(O)C(O)C1O. The first-order valence-electron chi connectivity index (χ1n) is 6.48. The van der Waals surface area contributed by atoms with E-state index in [2.05, 4.69) is 0 Å². The first-order chi connectivity index (χ1) is 9.86. The Labute approximate surface area is 119 Å². The summed E-state index contributed by atoms with van der Waals surface area (Å²) in [5, 5.41) is 66.8. The molecule has 10 nitrogen and oxygen atoms in total. The Morgan fingerprint density at radius 2 is 1.57 bits per heavy atom. The number of rotatable bonds is 3. The van der Waals surface area contributed by atoms with Crippen LogP contribution >= 0.6 is 0 Å². The largest absolute Gasteiger partial charge is 0.394 e. The Bertz CT molecular complexity index is 339. The summed E-state index contributed by atoms with van der Waals surface area (Å²) in [7, 11) is 0. The maximum absolute atomic E-state index is 9.78. The fourth-order valence-electron chi connectivity index (χ4n) is 2.26. The topological polar surface area (TPSA) is 169 Å². The quantitative estimate of drug-likeness (QED) is 0.268. The highest BCUT2D eigenvalue weighted by Gasteiger charge is 2.48. The molecular formula is C11H20O10. The molecule has 2 saturated heterocycles. The molecular weight excluding hydrogens is 292 g/mol. The molecule has 0 saturated carbocycles. The van der Waals surface area contributed by atoms with Crippen molar-refractivity contribution in [3.8, 4) is 0 Å². The Morgan fingerprint density at radius 1 is 0.905 bits per heavy atom. The lowest BCUT2D eigenvalue weighted by Gasteiger charge is -2.43.